The maximum Gasteiger partial charge on any atom is 0.231 e. The Kier molecular flexibility index (Phi) is 3.54. The van der Waals surface area contributed by atoms with Crippen molar-refractivity contribution in [1.29, 1.82) is 0 Å². The smallest absolute Gasteiger partial charge is 0.231 e. The zero-order valence-electron chi connectivity index (χ0n) is 10.9. The molecule has 110 valence electrons. The number of hydrogen-bond acceptors (Lipinski definition) is 5. The minimum absolute atomic E-state index is 0. The summed E-state index contributed by atoms with van der Waals surface area (Å²) in [5, 5.41) is 23.7. The highest BCUT2D eigenvalue weighted by molar-refractivity contribution is 5.85. The summed E-state index contributed by atoms with van der Waals surface area (Å²) in [5.74, 6) is 1.44. The van der Waals surface area contributed by atoms with Crippen LogP contribution in [0.3, 0.4) is 0 Å². The Bertz CT molecular complexity index is 524. The first-order chi connectivity index (χ1) is 9.24. The third-order valence-electron chi connectivity index (χ3n) is 4.52. The summed E-state index contributed by atoms with van der Waals surface area (Å²) in [6.07, 6.45) is 0.177. The molecule has 3 N–H and O–H groups in total. The Morgan fingerprint density at radius 1 is 1.10 bits per heavy atom. The van der Waals surface area contributed by atoms with E-state index in [1.54, 1.807) is 0 Å². The van der Waals surface area contributed by atoms with Crippen molar-refractivity contribution < 1.29 is 19.7 Å². The first kappa shape index (κ1) is 13.9. The van der Waals surface area contributed by atoms with Crippen LogP contribution in [0, 0.1) is 0 Å². The molecule has 2 heterocycles. The maximum atomic E-state index is 10.3. The standard InChI is InChI=1S/C14H17NO4.ClH/c16-10-2-1-9-13(14(10)17)8-4-12-11(18-6-19-12)3-7(8)5-15-9;/h3-4,9-10,13-17H,1-2,5-6H2;1H/t9-,10-,13-,14-;/m0./s1. The molecule has 4 rings (SSSR count). The third-order valence-corrected chi connectivity index (χ3v) is 4.52. The van der Waals surface area contributed by atoms with Crippen molar-refractivity contribution in [2.75, 3.05) is 6.79 Å². The molecule has 20 heavy (non-hydrogen) atoms. The molecule has 0 amide bonds. The molecule has 6 heteroatoms. The fourth-order valence-corrected chi connectivity index (χ4v) is 3.51. The van der Waals surface area contributed by atoms with Gasteiger partial charge in [-0.15, -0.1) is 12.4 Å². The van der Waals surface area contributed by atoms with Crippen LogP contribution in [0.1, 0.15) is 29.9 Å². The number of rotatable bonds is 0. The van der Waals surface area contributed by atoms with Crippen molar-refractivity contribution in [3.63, 3.8) is 0 Å². The zero-order valence-corrected chi connectivity index (χ0v) is 11.7. The molecule has 0 radical (unpaired) electrons. The van der Waals surface area contributed by atoms with Gasteiger partial charge in [0.05, 0.1) is 12.2 Å². The molecule has 1 aliphatic carbocycles. The lowest BCUT2D eigenvalue weighted by Crippen LogP contribution is -2.51. The molecule has 1 saturated carbocycles. The molecule has 1 aromatic rings. The van der Waals surface area contributed by atoms with Crippen molar-refractivity contribution in [2.45, 2.75) is 43.6 Å². The lowest BCUT2D eigenvalue weighted by molar-refractivity contribution is -0.0360. The van der Waals surface area contributed by atoms with Crippen LogP contribution in [-0.4, -0.2) is 35.3 Å². The highest BCUT2D eigenvalue weighted by atomic mass is 35.5. The van der Waals surface area contributed by atoms with E-state index in [4.69, 9.17) is 9.47 Å². The second-order valence-electron chi connectivity index (χ2n) is 5.55. The lowest BCUT2D eigenvalue weighted by atomic mass is 9.73. The van der Waals surface area contributed by atoms with Crippen molar-refractivity contribution in [3.8, 4) is 11.5 Å². The van der Waals surface area contributed by atoms with Crippen LogP contribution in [0.25, 0.3) is 0 Å². The first-order valence-electron chi connectivity index (χ1n) is 6.76. The van der Waals surface area contributed by atoms with Crippen LogP contribution in [0.4, 0.5) is 0 Å². The predicted molar refractivity (Wildman–Crippen MR) is 74.4 cm³/mol. The van der Waals surface area contributed by atoms with Gasteiger partial charge in [0.1, 0.15) is 0 Å². The molecule has 1 fully saturated rings. The third kappa shape index (κ3) is 1.97. The molecule has 0 bridgehead atoms. The van der Waals surface area contributed by atoms with Gasteiger partial charge < -0.3 is 25.0 Å². The Balaban J connectivity index is 0.00000121. The van der Waals surface area contributed by atoms with Gasteiger partial charge in [0.25, 0.3) is 0 Å². The number of halogens is 1. The predicted octanol–water partition coefficient (Wildman–Crippen LogP) is 0.908. The van der Waals surface area contributed by atoms with Gasteiger partial charge in [-0.05, 0) is 36.1 Å². The van der Waals surface area contributed by atoms with E-state index in [1.165, 1.54) is 0 Å². The minimum atomic E-state index is -0.717. The highest BCUT2D eigenvalue weighted by Gasteiger charge is 2.42. The average Bonchev–Trinajstić information content (AvgIpc) is 2.87. The number of aliphatic hydroxyl groups is 2. The van der Waals surface area contributed by atoms with Crippen LogP contribution in [0.15, 0.2) is 12.1 Å². The van der Waals surface area contributed by atoms with Crippen LogP contribution >= 0.6 is 12.4 Å². The summed E-state index contributed by atoms with van der Waals surface area (Å²) < 4.78 is 10.8. The maximum absolute atomic E-state index is 10.3. The second kappa shape index (κ2) is 5.07. The van der Waals surface area contributed by atoms with E-state index < -0.39 is 12.2 Å². The SMILES string of the molecule is Cl.O[C@@H]1[C@H]2c3cc4c(cc3CN[C@H]2CC[C@@H]1O)OCO4. The van der Waals surface area contributed by atoms with E-state index in [2.05, 4.69) is 5.32 Å². The average molecular weight is 300 g/mol. The van der Waals surface area contributed by atoms with E-state index in [9.17, 15) is 10.2 Å². The number of benzene rings is 1. The fourth-order valence-electron chi connectivity index (χ4n) is 3.51. The minimum Gasteiger partial charge on any atom is -0.454 e. The summed E-state index contributed by atoms with van der Waals surface area (Å²) in [6.45, 7) is 1.03. The zero-order chi connectivity index (χ0) is 13.0. The molecule has 0 saturated heterocycles. The monoisotopic (exact) mass is 299 g/mol. The van der Waals surface area contributed by atoms with E-state index in [1.807, 2.05) is 12.1 Å². The van der Waals surface area contributed by atoms with E-state index in [0.29, 0.717) is 6.42 Å². The highest BCUT2D eigenvalue weighted by Crippen LogP contribution is 2.43. The summed E-state index contributed by atoms with van der Waals surface area (Å²) in [7, 11) is 0. The molecule has 1 aromatic carbocycles. The largest absolute Gasteiger partial charge is 0.454 e. The molecular weight excluding hydrogens is 282 g/mol. The van der Waals surface area contributed by atoms with Gasteiger partial charge in [-0.25, -0.2) is 0 Å². The molecule has 4 atom stereocenters. The number of hydrogen-bond donors (Lipinski definition) is 3. The number of nitrogens with one attached hydrogen (secondary N) is 1. The Labute approximate surface area is 123 Å². The van der Waals surface area contributed by atoms with Crippen LogP contribution in [0.5, 0.6) is 11.5 Å². The summed E-state index contributed by atoms with van der Waals surface area (Å²) in [5.41, 5.74) is 2.21. The van der Waals surface area contributed by atoms with E-state index >= 15 is 0 Å². The van der Waals surface area contributed by atoms with Gasteiger partial charge in [0, 0.05) is 18.5 Å². The molecule has 5 nitrogen and oxygen atoms in total. The topological polar surface area (TPSA) is 71.0 Å². The van der Waals surface area contributed by atoms with Crippen molar-refractivity contribution >= 4 is 12.4 Å². The van der Waals surface area contributed by atoms with Gasteiger partial charge in [-0.2, -0.15) is 0 Å². The van der Waals surface area contributed by atoms with Crippen LogP contribution in [0.2, 0.25) is 0 Å². The summed E-state index contributed by atoms with van der Waals surface area (Å²) in [4.78, 5) is 0. The molecule has 2 aliphatic heterocycles. The second-order valence-corrected chi connectivity index (χ2v) is 5.55. The van der Waals surface area contributed by atoms with Crippen LogP contribution in [-0.2, 0) is 6.54 Å². The van der Waals surface area contributed by atoms with Gasteiger partial charge >= 0.3 is 0 Å². The Hall–Kier alpha value is -1.01. The summed E-state index contributed by atoms with van der Waals surface area (Å²) in [6, 6.07) is 4.18. The molecule has 0 spiro atoms. The van der Waals surface area contributed by atoms with E-state index in [0.717, 1.165) is 35.6 Å². The number of fused-ring (bicyclic) bond motifs is 4. The molecule has 3 aliphatic rings. The fraction of sp³-hybridized carbons (Fsp3) is 0.571. The molecule has 0 unspecified atom stereocenters. The van der Waals surface area contributed by atoms with E-state index in [-0.39, 0.29) is 31.2 Å². The molecular formula is C14H18ClNO4. The molecule has 0 aromatic heterocycles. The normalized spacial score (nSPS) is 33.9. The number of ether oxygens (including phenoxy) is 2. The number of aliphatic hydroxyl groups excluding tert-OH is 2. The van der Waals surface area contributed by atoms with Crippen molar-refractivity contribution in [3.05, 3.63) is 23.3 Å². The lowest BCUT2D eigenvalue weighted by Gasteiger charge is -2.43. The van der Waals surface area contributed by atoms with Gasteiger partial charge in [0.15, 0.2) is 11.5 Å². The van der Waals surface area contributed by atoms with Crippen LogP contribution < -0.4 is 14.8 Å². The van der Waals surface area contributed by atoms with Crippen molar-refractivity contribution in [2.24, 2.45) is 0 Å². The van der Waals surface area contributed by atoms with Gasteiger partial charge in [-0.1, -0.05) is 0 Å². The van der Waals surface area contributed by atoms with Crippen molar-refractivity contribution in [1.82, 2.24) is 5.32 Å². The van der Waals surface area contributed by atoms with Gasteiger partial charge in [0.2, 0.25) is 6.79 Å². The van der Waals surface area contributed by atoms with Gasteiger partial charge in [-0.3, -0.25) is 0 Å². The Morgan fingerprint density at radius 3 is 2.65 bits per heavy atom. The quantitative estimate of drug-likeness (QED) is 0.664. The summed E-state index contributed by atoms with van der Waals surface area (Å²) >= 11 is 0. The first-order valence-corrected chi connectivity index (χ1v) is 6.76. The Morgan fingerprint density at radius 2 is 1.85 bits per heavy atom.